The maximum atomic E-state index is 13.3. The zero-order valence-corrected chi connectivity index (χ0v) is 14.0. The van der Waals surface area contributed by atoms with Gasteiger partial charge in [0.1, 0.15) is 11.4 Å². The third kappa shape index (κ3) is 3.51. The van der Waals surface area contributed by atoms with E-state index in [9.17, 15) is 14.4 Å². The largest absolute Gasteiger partial charge is 0.342 e. The summed E-state index contributed by atoms with van der Waals surface area (Å²) in [6.07, 6.45) is 0.620. The lowest BCUT2D eigenvalue weighted by Crippen LogP contribution is -2.47. The minimum Gasteiger partial charge on any atom is -0.342 e. The Morgan fingerprint density at radius 3 is 3.00 bits per heavy atom. The molecular weight excluding hydrogens is 325 g/mol. The summed E-state index contributed by atoms with van der Waals surface area (Å²) in [5, 5.41) is 16.1. The van der Waals surface area contributed by atoms with Crippen LogP contribution in [-0.4, -0.2) is 34.0 Å². The number of aromatic nitrogens is 2. The van der Waals surface area contributed by atoms with E-state index in [1.54, 1.807) is 13.0 Å². The molecule has 1 aromatic carbocycles. The summed E-state index contributed by atoms with van der Waals surface area (Å²) in [5.74, 6) is 0.270. The predicted octanol–water partition coefficient (Wildman–Crippen LogP) is 1.63. The van der Waals surface area contributed by atoms with E-state index in [1.807, 2.05) is 6.07 Å². The van der Waals surface area contributed by atoms with E-state index in [4.69, 9.17) is 4.52 Å². The van der Waals surface area contributed by atoms with E-state index in [1.165, 1.54) is 19.1 Å². The highest BCUT2D eigenvalue weighted by Gasteiger charge is 2.44. The molecule has 7 nitrogen and oxygen atoms in total. The monoisotopic (exact) mass is 343 g/mol. The van der Waals surface area contributed by atoms with Crippen LogP contribution in [0.3, 0.4) is 0 Å². The van der Waals surface area contributed by atoms with Gasteiger partial charge in [0.2, 0.25) is 11.8 Å². The average Bonchev–Trinajstić information content (AvgIpc) is 3.16. The Morgan fingerprint density at radius 1 is 1.56 bits per heavy atom. The summed E-state index contributed by atoms with van der Waals surface area (Å²) >= 11 is 0. The number of halogens is 1. The van der Waals surface area contributed by atoms with Gasteiger partial charge in [-0.15, -0.1) is 0 Å². The molecular formula is C17H18FN5O2. The van der Waals surface area contributed by atoms with E-state index >= 15 is 0 Å². The van der Waals surface area contributed by atoms with Gasteiger partial charge in [0, 0.05) is 33.5 Å². The molecule has 1 aromatic heterocycles. The van der Waals surface area contributed by atoms with Crippen molar-refractivity contribution in [1.29, 1.82) is 5.26 Å². The van der Waals surface area contributed by atoms with Gasteiger partial charge in [-0.25, -0.2) is 4.39 Å². The second-order valence-corrected chi connectivity index (χ2v) is 6.27. The number of aryl methyl sites for hydroxylation is 1. The van der Waals surface area contributed by atoms with Crippen molar-refractivity contribution in [3.05, 3.63) is 46.9 Å². The van der Waals surface area contributed by atoms with Crippen LogP contribution in [-0.2, 0) is 16.9 Å². The Morgan fingerprint density at radius 2 is 2.36 bits per heavy atom. The number of hydrogen-bond acceptors (Lipinski definition) is 6. The zero-order valence-electron chi connectivity index (χ0n) is 14.0. The molecule has 1 saturated heterocycles. The third-order valence-electron chi connectivity index (χ3n) is 4.31. The van der Waals surface area contributed by atoms with Crippen molar-refractivity contribution in [2.75, 3.05) is 13.1 Å². The number of carbonyl (C=O) groups is 1. The van der Waals surface area contributed by atoms with E-state index in [0.717, 1.165) is 5.56 Å². The molecule has 1 unspecified atom stereocenters. The summed E-state index contributed by atoms with van der Waals surface area (Å²) in [4.78, 5) is 18.1. The van der Waals surface area contributed by atoms with Crippen LogP contribution in [0.1, 0.15) is 36.2 Å². The quantitative estimate of drug-likeness (QED) is 0.906. The second kappa shape index (κ2) is 6.61. The highest BCUT2D eigenvalue weighted by molar-refractivity contribution is 5.74. The molecule has 2 aromatic rings. The number of rotatable bonds is 4. The minimum atomic E-state index is -0.726. The Labute approximate surface area is 144 Å². The van der Waals surface area contributed by atoms with Crippen LogP contribution in [0, 0.1) is 24.1 Å². The molecule has 0 saturated carbocycles. The molecule has 0 spiro atoms. The fourth-order valence-corrected chi connectivity index (χ4v) is 3.23. The molecule has 0 aliphatic carbocycles. The number of nitrogens with zero attached hydrogens (tertiary/aromatic N) is 4. The molecule has 1 amide bonds. The Hall–Kier alpha value is -2.79. The highest BCUT2D eigenvalue weighted by Crippen LogP contribution is 2.31. The number of likely N-dealkylation sites (tertiary alicyclic amines) is 1. The van der Waals surface area contributed by atoms with Crippen molar-refractivity contribution in [3.8, 4) is 6.07 Å². The first-order chi connectivity index (χ1) is 11.9. The first-order valence-corrected chi connectivity index (χ1v) is 7.92. The van der Waals surface area contributed by atoms with Gasteiger partial charge in [-0.05, 0) is 24.1 Å². The minimum absolute atomic E-state index is 0.177. The highest BCUT2D eigenvalue weighted by atomic mass is 19.1. The van der Waals surface area contributed by atoms with Crippen LogP contribution in [0.25, 0.3) is 0 Å². The van der Waals surface area contributed by atoms with Crippen LogP contribution < -0.4 is 5.32 Å². The van der Waals surface area contributed by atoms with Crippen LogP contribution in [0.15, 0.2) is 22.7 Å². The van der Waals surface area contributed by atoms with Crippen LogP contribution in [0.2, 0.25) is 0 Å². The van der Waals surface area contributed by atoms with Crippen LogP contribution >= 0.6 is 0 Å². The number of carbonyl (C=O) groups excluding carboxylic acids is 1. The summed E-state index contributed by atoms with van der Waals surface area (Å²) in [6, 6.07) is 6.21. The lowest BCUT2D eigenvalue weighted by molar-refractivity contribution is -0.121. The molecule has 1 aliphatic heterocycles. The molecule has 0 bridgehead atoms. The molecule has 130 valence electrons. The van der Waals surface area contributed by atoms with Crippen molar-refractivity contribution >= 4 is 5.91 Å². The van der Waals surface area contributed by atoms with Gasteiger partial charge in [-0.1, -0.05) is 11.2 Å². The third-order valence-corrected chi connectivity index (χ3v) is 4.31. The van der Waals surface area contributed by atoms with Gasteiger partial charge in [-0.2, -0.15) is 10.2 Å². The van der Waals surface area contributed by atoms with Crippen molar-refractivity contribution < 1.29 is 13.7 Å². The van der Waals surface area contributed by atoms with E-state index in [0.29, 0.717) is 43.3 Å². The van der Waals surface area contributed by atoms with Crippen molar-refractivity contribution in [3.63, 3.8) is 0 Å². The fraction of sp³-hybridized carbons (Fsp3) is 0.412. The number of benzene rings is 1. The lowest BCUT2D eigenvalue weighted by atomic mass is 9.97. The molecule has 3 rings (SSSR count). The van der Waals surface area contributed by atoms with Crippen molar-refractivity contribution in [1.82, 2.24) is 20.4 Å². The summed E-state index contributed by atoms with van der Waals surface area (Å²) in [7, 11) is 0. The Balaban J connectivity index is 1.83. The van der Waals surface area contributed by atoms with Crippen molar-refractivity contribution in [2.45, 2.75) is 32.4 Å². The smallest absolute Gasteiger partial charge is 0.223 e. The molecule has 2 heterocycles. The number of nitrogens with one attached hydrogen (secondary N) is 1. The van der Waals surface area contributed by atoms with Gasteiger partial charge in [0.25, 0.3) is 0 Å². The van der Waals surface area contributed by atoms with Crippen molar-refractivity contribution in [2.24, 2.45) is 0 Å². The maximum absolute atomic E-state index is 13.3. The van der Waals surface area contributed by atoms with Gasteiger partial charge in [-0.3, -0.25) is 9.69 Å². The second-order valence-electron chi connectivity index (χ2n) is 6.27. The van der Waals surface area contributed by atoms with E-state index < -0.39 is 11.4 Å². The van der Waals surface area contributed by atoms with Gasteiger partial charge < -0.3 is 9.84 Å². The first-order valence-electron chi connectivity index (χ1n) is 7.92. The average molecular weight is 343 g/mol. The van der Waals surface area contributed by atoms with Gasteiger partial charge in [0.05, 0.1) is 11.6 Å². The fourth-order valence-electron chi connectivity index (χ4n) is 3.23. The molecule has 1 fully saturated rings. The van der Waals surface area contributed by atoms with Crippen LogP contribution in [0.5, 0.6) is 0 Å². The maximum Gasteiger partial charge on any atom is 0.223 e. The zero-order chi connectivity index (χ0) is 18.0. The number of amides is 1. The molecule has 25 heavy (non-hydrogen) atoms. The van der Waals surface area contributed by atoms with Gasteiger partial charge >= 0.3 is 0 Å². The van der Waals surface area contributed by atoms with Gasteiger partial charge in [0.15, 0.2) is 5.82 Å². The van der Waals surface area contributed by atoms with Crippen LogP contribution in [0.4, 0.5) is 4.39 Å². The molecule has 1 atom stereocenters. The lowest BCUT2D eigenvalue weighted by Gasteiger charge is -2.27. The standard InChI is InChI=1S/C17H18FN5O2/c1-11(24)21-17(16-20-12(2)25-22-16)5-6-23(10-17)9-13-3-4-15(18)7-14(13)8-19/h3-4,7H,5-6,9-10H2,1-2H3,(H,21,24). The summed E-state index contributed by atoms with van der Waals surface area (Å²) in [6.45, 7) is 4.78. The SMILES string of the molecule is CC(=O)NC1(c2noc(C)n2)CCN(Cc2ccc(F)cc2C#N)C1. The normalized spacial score (nSPS) is 20.4. The topological polar surface area (TPSA) is 95.1 Å². The summed E-state index contributed by atoms with van der Waals surface area (Å²) in [5.41, 5.74) is 0.329. The molecule has 1 N–H and O–H groups in total. The number of hydrogen-bond donors (Lipinski definition) is 1. The predicted molar refractivity (Wildman–Crippen MR) is 85.5 cm³/mol. The Bertz CT molecular complexity index is 844. The van der Waals surface area contributed by atoms with E-state index in [2.05, 4.69) is 20.4 Å². The van der Waals surface area contributed by atoms with E-state index in [-0.39, 0.29) is 5.91 Å². The molecule has 0 radical (unpaired) electrons. The molecule has 8 heteroatoms. The Kier molecular flexibility index (Phi) is 4.51. The molecule has 1 aliphatic rings. The summed E-state index contributed by atoms with van der Waals surface area (Å²) < 4.78 is 18.4. The first kappa shape index (κ1) is 17.0. The number of nitriles is 1.